The molecule has 0 saturated heterocycles. The number of hydrogen-bond donors (Lipinski definition) is 2. The van der Waals surface area contributed by atoms with Crippen molar-refractivity contribution in [1.82, 2.24) is 4.90 Å². The van der Waals surface area contributed by atoms with Gasteiger partial charge in [0.25, 0.3) is 0 Å². The number of rotatable bonds is 7. The molecule has 1 aliphatic rings. The third-order valence-corrected chi connectivity index (χ3v) is 4.09. The number of amides is 1. The van der Waals surface area contributed by atoms with Gasteiger partial charge in [-0.25, -0.2) is 0 Å². The molecule has 0 radical (unpaired) electrons. The number of carbonyl (C=O) groups is 1. The first kappa shape index (κ1) is 16.8. The zero-order valence-electron chi connectivity index (χ0n) is 12.6. The minimum Gasteiger partial charge on any atom is -0.409 e. The molecule has 6 heteroatoms. The van der Waals surface area contributed by atoms with E-state index >= 15 is 0 Å². The molecule has 0 spiro atoms. The van der Waals surface area contributed by atoms with Crippen molar-refractivity contribution in [3.05, 3.63) is 0 Å². The van der Waals surface area contributed by atoms with Crippen molar-refractivity contribution in [2.45, 2.75) is 45.4 Å². The fraction of sp³-hybridized carbons (Fsp3) is 0.857. The molecule has 3 N–H and O–H groups in total. The molecule has 1 saturated carbocycles. The average Bonchev–Trinajstić information content (AvgIpc) is 2.47. The molecule has 0 bridgehead atoms. The highest BCUT2D eigenvalue weighted by Crippen LogP contribution is 2.37. The van der Waals surface area contributed by atoms with Crippen molar-refractivity contribution in [2.75, 3.05) is 26.8 Å². The number of oxime groups is 1. The second-order valence-electron chi connectivity index (χ2n) is 5.75. The summed E-state index contributed by atoms with van der Waals surface area (Å²) in [5.41, 5.74) is 5.23. The summed E-state index contributed by atoms with van der Waals surface area (Å²) in [7, 11) is 1.62. The molecule has 1 rings (SSSR count). The maximum atomic E-state index is 12.8. The minimum atomic E-state index is -0.267. The van der Waals surface area contributed by atoms with Crippen LogP contribution in [0.2, 0.25) is 0 Å². The van der Waals surface area contributed by atoms with E-state index in [1.54, 1.807) is 12.0 Å². The van der Waals surface area contributed by atoms with Gasteiger partial charge in [-0.1, -0.05) is 31.3 Å². The van der Waals surface area contributed by atoms with Gasteiger partial charge < -0.3 is 20.6 Å². The lowest BCUT2D eigenvalue weighted by Crippen LogP contribution is -2.45. The molecule has 0 heterocycles. The summed E-state index contributed by atoms with van der Waals surface area (Å²) < 4.78 is 5.07. The molecule has 0 atom stereocenters. The Labute approximate surface area is 120 Å². The van der Waals surface area contributed by atoms with Gasteiger partial charge in [0.2, 0.25) is 5.91 Å². The summed E-state index contributed by atoms with van der Waals surface area (Å²) >= 11 is 0. The molecule has 0 aromatic carbocycles. The predicted octanol–water partition coefficient (Wildman–Crippen LogP) is 1.57. The molecule has 116 valence electrons. The topological polar surface area (TPSA) is 88.2 Å². The molecule has 0 aromatic rings. The van der Waals surface area contributed by atoms with Crippen LogP contribution in [0, 0.1) is 5.41 Å². The lowest BCUT2D eigenvalue weighted by molar-refractivity contribution is -0.143. The Balaban J connectivity index is 2.67. The first-order valence-electron chi connectivity index (χ1n) is 7.28. The quantitative estimate of drug-likeness (QED) is 0.321. The summed E-state index contributed by atoms with van der Waals surface area (Å²) in [6.45, 7) is 3.56. The Hall–Kier alpha value is -1.30. The number of ether oxygens (including phenoxy) is 1. The summed E-state index contributed by atoms with van der Waals surface area (Å²) in [6.07, 6.45) is 5.70. The zero-order chi connectivity index (χ0) is 15.0. The summed E-state index contributed by atoms with van der Waals surface area (Å²) in [6, 6.07) is 0. The van der Waals surface area contributed by atoms with Crippen LogP contribution in [0.15, 0.2) is 5.16 Å². The van der Waals surface area contributed by atoms with E-state index in [0.717, 1.165) is 25.7 Å². The van der Waals surface area contributed by atoms with Gasteiger partial charge in [-0.05, 0) is 12.8 Å². The van der Waals surface area contributed by atoms with Gasteiger partial charge in [0.1, 0.15) is 5.84 Å². The first-order valence-corrected chi connectivity index (χ1v) is 7.28. The van der Waals surface area contributed by atoms with E-state index in [-0.39, 0.29) is 17.2 Å². The van der Waals surface area contributed by atoms with Gasteiger partial charge >= 0.3 is 0 Å². The standard InChI is InChI=1S/C14H27N3O3/c1-14(7-4-3-5-8-14)13(18)17(10-11-20-2)9-6-12(15)16-19/h19H,3-11H2,1-2H3,(H2,15,16). The van der Waals surface area contributed by atoms with E-state index < -0.39 is 0 Å². The van der Waals surface area contributed by atoms with Crippen LogP contribution in [-0.4, -0.2) is 48.7 Å². The van der Waals surface area contributed by atoms with Gasteiger partial charge in [-0.2, -0.15) is 0 Å². The predicted molar refractivity (Wildman–Crippen MR) is 77.7 cm³/mol. The van der Waals surface area contributed by atoms with Gasteiger partial charge in [-0.15, -0.1) is 0 Å². The first-order chi connectivity index (χ1) is 9.53. The molecule has 1 fully saturated rings. The van der Waals surface area contributed by atoms with Crippen LogP contribution < -0.4 is 5.73 Å². The molecule has 1 amide bonds. The molecule has 20 heavy (non-hydrogen) atoms. The van der Waals surface area contributed by atoms with Gasteiger partial charge in [-0.3, -0.25) is 4.79 Å². The van der Waals surface area contributed by atoms with Crippen molar-refractivity contribution in [2.24, 2.45) is 16.3 Å². The van der Waals surface area contributed by atoms with E-state index in [0.29, 0.717) is 26.1 Å². The fourth-order valence-electron chi connectivity index (χ4n) is 2.74. The lowest BCUT2D eigenvalue weighted by atomic mass is 9.74. The Morgan fingerprint density at radius 2 is 2.00 bits per heavy atom. The van der Waals surface area contributed by atoms with Crippen LogP contribution in [0.3, 0.4) is 0 Å². The van der Waals surface area contributed by atoms with Crippen molar-refractivity contribution in [3.8, 4) is 0 Å². The molecule has 0 aromatic heterocycles. The monoisotopic (exact) mass is 285 g/mol. The SMILES string of the molecule is COCCN(CCC(N)=NO)C(=O)C1(C)CCCCC1. The molecular formula is C14H27N3O3. The molecule has 0 unspecified atom stereocenters. The molecule has 1 aliphatic carbocycles. The number of nitrogens with two attached hydrogens (primary N) is 1. The smallest absolute Gasteiger partial charge is 0.228 e. The second kappa shape index (κ2) is 8.09. The lowest BCUT2D eigenvalue weighted by Gasteiger charge is -2.37. The van der Waals surface area contributed by atoms with E-state index in [4.69, 9.17) is 15.7 Å². The maximum absolute atomic E-state index is 12.8. The van der Waals surface area contributed by atoms with E-state index in [1.807, 2.05) is 0 Å². The average molecular weight is 285 g/mol. The van der Waals surface area contributed by atoms with Crippen LogP contribution in [0.4, 0.5) is 0 Å². The molecule has 0 aliphatic heterocycles. The number of amidine groups is 1. The van der Waals surface area contributed by atoms with Crippen LogP contribution in [-0.2, 0) is 9.53 Å². The van der Waals surface area contributed by atoms with Crippen molar-refractivity contribution >= 4 is 11.7 Å². The van der Waals surface area contributed by atoms with Crippen LogP contribution >= 0.6 is 0 Å². The highest BCUT2D eigenvalue weighted by molar-refractivity contribution is 5.84. The molecule has 6 nitrogen and oxygen atoms in total. The Morgan fingerprint density at radius 3 is 2.55 bits per heavy atom. The van der Waals surface area contributed by atoms with E-state index in [9.17, 15) is 4.79 Å². The van der Waals surface area contributed by atoms with Gasteiger partial charge in [0.15, 0.2) is 0 Å². The zero-order valence-corrected chi connectivity index (χ0v) is 12.6. The van der Waals surface area contributed by atoms with Crippen molar-refractivity contribution in [1.29, 1.82) is 0 Å². The molecular weight excluding hydrogens is 258 g/mol. The van der Waals surface area contributed by atoms with Crippen molar-refractivity contribution < 1.29 is 14.7 Å². The number of nitrogens with zero attached hydrogens (tertiary/aromatic N) is 2. The van der Waals surface area contributed by atoms with E-state index in [2.05, 4.69) is 12.1 Å². The van der Waals surface area contributed by atoms with Crippen LogP contribution in [0.1, 0.15) is 45.4 Å². The number of methoxy groups -OCH3 is 1. The summed E-state index contributed by atoms with van der Waals surface area (Å²) in [4.78, 5) is 14.5. The second-order valence-corrected chi connectivity index (χ2v) is 5.75. The third kappa shape index (κ3) is 4.67. The van der Waals surface area contributed by atoms with Crippen molar-refractivity contribution in [3.63, 3.8) is 0 Å². The Morgan fingerprint density at radius 1 is 1.35 bits per heavy atom. The third-order valence-electron chi connectivity index (χ3n) is 4.09. The highest BCUT2D eigenvalue weighted by atomic mass is 16.5. The number of carbonyl (C=O) groups excluding carboxylic acids is 1. The van der Waals surface area contributed by atoms with Gasteiger partial charge in [0, 0.05) is 32.0 Å². The normalized spacial score (nSPS) is 18.8. The van der Waals surface area contributed by atoms with Crippen LogP contribution in [0.5, 0.6) is 0 Å². The fourth-order valence-corrected chi connectivity index (χ4v) is 2.74. The Bertz CT molecular complexity index is 339. The van der Waals surface area contributed by atoms with E-state index in [1.165, 1.54) is 6.42 Å². The maximum Gasteiger partial charge on any atom is 0.228 e. The van der Waals surface area contributed by atoms with Gasteiger partial charge in [0.05, 0.1) is 6.61 Å². The van der Waals surface area contributed by atoms with Crippen LogP contribution in [0.25, 0.3) is 0 Å². The minimum absolute atomic E-state index is 0.147. The largest absolute Gasteiger partial charge is 0.409 e. The summed E-state index contributed by atoms with van der Waals surface area (Å²) in [5.74, 6) is 0.314. The highest BCUT2D eigenvalue weighted by Gasteiger charge is 2.37. The Kier molecular flexibility index (Phi) is 6.78. The summed E-state index contributed by atoms with van der Waals surface area (Å²) in [5, 5.41) is 11.6. The number of hydrogen-bond acceptors (Lipinski definition) is 4.